The molecule has 1 aliphatic rings. The second kappa shape index (κ2) is 6.16. The van der Waals surface area contributed by atoms with E-state index in [1.807, 2.05) is 14.2 Å². The summed E-state index contributed by atoms with van der Waals surface area (Å²) in [6.45, 7) is 3.13. The van der Waals surface area contributed by atoms with Gasteiger partial charge in [-0.15, -0.1) is 0 Å². The molecule has 0 radical (unpaired) electrons. The fourth-order valence-corrected chi connectivity index (χ4v) is 3.32. The highest BCUT2D eigenvalue weighted by Crippen LogP contribution is 2.36. The number of fused-ring (bicyclic) bond motifs is 1. The van der Waals surface area contributed by atoms with Gasteiger partial charge in [0.2, 0.25) is 0 Å². The van der Waals surface area contributed by atoms with Crippen LogP contribution in [0.1, 0.15) is 25.6 Å². The number of nitrogens with zero attached hydrogens (tertiary/aromatic N) is 2. The third-order valence-corrected chi connectivity index (χ3v) is 4.58. The quantitative estimate of drug-likeness (QED) is 0.851. The first kappa shape index (κ1) is 14.5. The number of benzene rings is 1. The van der Waals surface area contributed by atoms with E-state index in [0.29, 0.717) is 18.1 Å². The predicted octanol–water partition coefficient (Wildman–Crippen LogP) is 2.61. The molecule has 0 spiro atoms. The molecule has 0 aliphatic heterocycles. The molecule has 1 N–H and O–H groups in total. The van der Waals surface area contributed by atoms with Crippen molar-refractivity contribution in [3.05, 3.63) is 30.1 Å². The summed E-state index contributed by atoms with van der Waals surface area (Å²) in [4.78, 5) is 4.84. The molecule has 0 amide bonds. The van der Waals surface area contributed by atoms with E-state index in [4.69, 9.17) is 9.72 Å². The third-order valence-electron chi connectivity index (χ3n) is 4.58. The van der Waals surface area contributed by atoms with Crippen LogP contribution >= 0.6 is 0 Å². The van der Waals surface area contributed by atoms with E-state index in [0.717, 1.165) is 24.3 Å². The smallest absolute Gasteiger partial charge is 0.111 e. The normalized spacial score (nSPS) is 18.0. The number of aromatic nitrogens is 2. The molecule has 3 rings (SSSR count). The fourth-order valence-electron chi connectivity index (χ4n) is 3.32. The summed E-state index contributed by atoms with van der Waals surface area (Å²) < 4.78 is 8.07. The van der Waals surface area contributed by atoms with E-state index in [1.165, 1.54) is 18.4 Å². The molecule has 2 atom stereocenters. The Morgan fingerprint density at radius 2 is 2.14 bits per heavy atom. The molecular weight excluding hydrogens is 262 g/mol. The first-order chi connectivity index (χ1) is 10.3. The molecule has 2 aromatic rings. The van der Waals surface area contributed by atoms with Crippen molar-refractivity contribution < 1.29 is 4.74 Å². The van der Waals surface area contributed by atoms with E-state index in [-0.39, 0.29) is 0 Å². The van der Waals surface area contributed by atoms with Crippen LogP contribution in [0, 0.1) is 5.92 Å². The van der Waals surface area contributed by atoms with Crippen molar-refractivity contribution >= 4 is 11.0 Å². The molecule has 1 saturated carbocycles. The lowest BCUT2D eigenvalue weighted by Gasteiger charge is -2.25. The van der Waals surface area contributed by atoms with Crippen molar-refractivity contribution in [3.63, 3.8) is 0 Å². The molecular formula is C17H25N3O. The number of ether oxygens (including phenoxy) is 1. The van der Waals surface area contributed by atoms with Gasteiger partial charge in [-0.3, -0.25) is 0 Å². The summed E-state index contributed by atoms with van der Waals surface area (Å²) in [7, 11) is 3.86. The second-order valence-corrected chi connectivity index (χ2v) is 5.90. The Labute approximate surface area is 126 Å². The van der Waals surface area contributed by atoms with Crippen LogP contribution in [-0.4, -0.2) is 35.9 Å². The Balaban J connectivity index is 1.88. The Morgan fingerprint density at radius 3 is 2.76 bits per heavy atom. The minimum Gasteiger partial charge on any atom is -0.380 e. The monoisotopic (exact) mass is 287 g/mol. The first-order valence-corrected chi connectivity index (χ1v) is 7.92. The number of para-hydroxylation sites is 2. The maximum atomic E-state index is 5.75. The van der Waals surface area contributed by atoms with Crippen LogP contribution in [0.3, 0.4) is 0 Å². The number of nitrogens with one attached hydrogen (secondary N) is 1. The van der Waals surface area contributed by atoms with E-state index in [2.05, 4.69) is 41.1 Å². The molecule has 2 unspecified atom stereocenters. The van der Waals surface area contributed by atoms with Crippen LogP contribution in [0.5, 0.6) is 0 Å². The van der Waals surface area contributed by atoms with Crippen LogP contribution in [0.2, 0.25) is 0 Å². The van der Waals surface area contributed by atoms with Crippen molar-refractivity contribution in [1.29, 1.82) is 0 Å². The van der Waals surface area contributed by atoms with E-state index >= 15 is 0 Å². The van der Waals surface area contributed by atoms with Gasteiger partial charge in [-0.25, -0.2) is 4.98 Å². The summed E-state index contributed by atoms with van der Waals surface area (Å²) in [5.41, 5.74) is 2.31. The molecule has 1 heterocycles. The molecule has 1 aromatic heterocycles. The van der Waals surface area contributed by atoms with Crippen molar-refractivity contribution in [3.8, 4) is 0 Å². The van der Waals surface area contributed by atoms with Gasteiger partial charge in [-0.2, -0.15) is 0 Å². The Hall–Kier alpha value is -1.39. The lowest BCUT2D eigenvalue weighted by atomic mass is 10.0. The largest absolute Gasteiger partial charge is 0.380 e. The summed E-state index contributed by atoms with van der Waals surface area (Å²) in [5, 5.41) is 3.44. The number of methoxy groups -OCH3 is 1. The van der Waals surface area contributed by atoms with E-state index in [1.54, 1.807) is 0 Å². The molecule has 1 aromatic carbocycles. The van der Waals surface area contributed by atoms with Gasteiger partial charge in [0.05, 0.1) is 17.1 Å². The van der Waals surface area contributed by atoms with Gasteiger partial charge in [0.25, 0.3) is 0 Å². The van der Waals surface area contributed by atoms with Crippen LogP contribution in [0.15, 0.2) is 24.3 Å². The van der Waals surface area contributed by atoms with Gasteiger partial charge in [-0.1, -0.05) is 12.1 Å². The number of imidazole rings is 1. The highest BCUT2D eigenvalue weighted by Gasteiger charge is 2.36. The average molecular weight is 287 g/mol. The molecule has 4 nitrogen and oxygen atoms in total. The number of hydrogen-bond acceptors (Lipinski definition) is 3. The highest BCUT2D eigenvalue weighted by molar-refractivity contribution is 5.75. The molecule has 21 heavy (non-hydrogen) atoms. The standard InChI is InChI=1S/C17H25N3O/c1-4-20-15-8-6-5-7-13(15)19-16(20)11-14(18-2)17(21-3)12-9-10-12/h5-8,12,14,17-18H,4,9-11H2,1-3H3. The number of aryl methyl sites for hydroxylation is 1. The summed E-state index contributed by atoms with van der Waals surface area (Å²) in [6.07, 6.45) is 3.79. The summed E-state index contributed by atoms with van der Waals surface area (Å²) >= 11 is 0. The lowest BCUT2D eigenvalue weighted by molar-refractivity contribution is 0.0526. The van der Waals surface area contributed by atoms with Gasteiger partial charge in [0.1, 0.15) is 5.82 Å². The summed E-state index contributed by atoms with van der Waals surface area (Å²) in [6, 6.07) is 8.70. The number of likely N-dealkylation sites (N-methyl/N-ethyl adjacent to an activating group) is 1. The van der Waals surface area contributed by atoms with Gasteiger partial charge >= 0.3 is 0 Å². The van der Waals surface area contributed by atoms with Crippen LogP contribution in [-0.2, 0) is 17.7 Å². The van der Waals surface area contributed by atoms with Gasteiger partial charge in [0.15, 0.2) is 0 Å². The third kappa shape index (κ3) is 2.83. The first-order valence-electron chi connectivity index (χ1n) is 7.92. The molecule has 114 valence electrons. The Morgan fingerprint density at radius 1 is 1.38 bits per heavy atom. The zero-order valence-corrected chi connectivity index (χ0v) is 13.2. The molecule has 1 aliphatic carbocycles. The minimum absolute atomic E-state index is 0.292. The van der Waals surface area contributed by atoms with E-state index < -0.39 is 0 Å². The zero-order chi connectivity index (χ0) is 14.8. The molecule has 0 bridgehead atoms. The van der Waals surface area contributed by atoms with Crippen LogP contribution in [0.25, 0.3) is 11.0 Å². The molecule has 0 saturated heterocycles. The number of hydrogen-bond donors (Lipinski definition) is 1. The minimum atomic E-state index is 0.292. The SMILES string of the molecule is CCn1c(CC(NC)C(OC)C2CC2)nc2ccccc21. The topological polar surface area (TPSA) is 39.1 Å². The fraction of sp³-hybridized carbons (Fsp3) is 0.588. The van der Waals surface area contributed by atoms with Crippen molar-refractivity contribution in [2.75, 3.05) is 14.2 Å². The zero-order valence-electron chi connectivity index (χ0n) is 13.2. The van der Waals surface area contributed by atoms with Crippen molar-refractivity contribution in [1.82, 2.24) is 14.9 Å². The second-order valence-electron chi connectivity index (χ2n) is 5.90. The summed E-state index contributed by atoms with van der Waals surface area (Å²) in [5.74, 6) is 1.87. The van der Waals surface area contributed by atoms with Crippen LogP contribution < -0.4 is 5.32 Å². The van der Waals surface area contributed by atoms with Gasteiger partial charge in [-0.05, 0) is 44.9 Å². The van der Waals surface area contributed by atoms with Crippen molar-refractivity contribution in [2.45, 2.75) is 44.9 Å². The maximum Gasteiger partial charge on any atom is 0.111 e. The predicted molar refractivity (Wildman–Crippen MR) is 85.5 cm³/mol. The lowest BCUT2D eigenvalue weighted by Crippen LogP contribution is -2.42. The van der Waals surface area contributed by atoms with E-state index in [9.17, 15) is 0 Å². The highest BCUT2D eigenvalue weighted by atomic mass is 16.5. The van der Waals surface area contributed by atoms with Gasteiger partial charge in [0, 0.05) is 26.1 Å². The van der Waals surface area contributed by atoms with Crippen molar-refractivity contribution in [2.24, 2.45) is 5.92 Å². The maximum absolute atomic E-state index is 5.75. The number of rotatable bonds is 7. The Kier molecular flexibility index (Phi) is 4.27. The average Bonchev–Trinajstić information content (AvgIpc) is 3.27. The van der Waals surface area contributed by atoms with Gasteiger partial charge < -0.3 is 14.6 Å². The van der Waals surface area contributed by atoms with Crippen LogP contribution in [0.4, 0.5) is 0 Å². The molecule has 4 heteroatoms. The molecule has 1 fully saturated rings. The Bertz CT molecular complexity index is 603.